The fourth-order valence-electron chi connectivity index (χ4n) is 8.21. The lowest BCUT2D eigenvalue weighted by Gasteiger charge is -2.53. The standard InChI is InChI=1S/C42H55N5O9S/c1-40(2,3)56-39(49)44-29-42-18-15-41(16-19-42,17-20-42)28-43-35-14-12-33(27-36(35)47(50)51)57(52,53)45-38(48)32-10-8-31(9-11-32)34-13-7-30(26-37(34)54-4)6-5-21-46-22-24-55-25-23-46/h7-14,26-27,43H,5-6,15-25,28-29H2,1-4H3,(H,44,49)(H,45,48). The Morgan fingerprint density at radius 3 is 2.18 bits per heavy atom. The van der Waals surface area contributed by atoms with E-state index in [2.05, 4.69) is 26.3 Å². The molecule has 308 valence electrons. The van der Waals surface area contributed by atoms with Crippen LogP contribution < -0.4 is 20.1 Å². The largest absolute Gasteiger partial charge is 0.496 e. The van der Waals surface area contributed by atoms with Gasteiger partial charge in [-0.2, -0.15) is 0 Å². The third kappa shape index (κ3) is 10.6. The second kappa shape index (κ2) is 17.4. The summed E-state index contributed by atoms with van der Waals surface area (Å²) >= 11 is 0. The molecule has 2 amide bonds. The van der Waals surface area contributed by atoms with Crippen LogP contribution >= 0.6 is 0 Å². The van der Waals surface area contributed by atoms with E-state index in [9.17, 15) is 28.1 Å². The van der Waals surface area contributed by atoms with Crippen LogP contribution in [0, 0.1) is 20.9 Å². The van der Waals surface area contributed by atoms with Gasteiger partial charge in [0.25, 0.3) is 21.6 Å². The molecule has 0 atom stereocenters. The number of hydrogen-bond donors (Lipinski definition) is 3. The van der Waals surface area contributed by atoms with Crippen LogP contribution in [0.2, 0.25) is 0 Å². The zero-order chi connectivity index (χ0) is 40.8. The summed E-state index contributed by atoms with van der Waals surface area (Å²) in [6.45, 7) is 11.0. The van der Waals surface area contributed by atoms with Gasteiger partial charge in [-0.25, -0.2) is 17.9 Å². The summed E-state index contributed by atoms with van der Waals surface area (Å²) in [4.78, 5) is 39.0. The lowest BCUT2D eigenvalue weighted by Crippen LogP contribution is -2.50. The van der Waals surface area contributed by atoms with Crippen LogP contribution in [-0.2, 0) is 25.9 Å². The number of hydrogen-bond acceptors (Lipinski definition) is 11. The van der Waals surface area contributed by atoms with Gasteiger partial charge in [0.1, 0.15) is 17.0 Å². The van der Waals surface area contributed by atoms with E-state index in [1.54, 1.807) is 19.2 Å². The van der Waals surface area contributed by atoms with Crippen LogP contribution in [0.5, 0.6) is 5.75 Å². The molecule has 1 aliphatic heterocycles. The number of fused-ring (bicyclic) bond motifs is 3. The minimum Gasteiger partial charge on any atom is -0.496 e. The second-order valence-electron chi connectivity index (χ2n) is 16.7. The molecule has 57 heavy (non-hydrogen) atoms. The number of rotatable bonds is 15. The Hall–Kier alpha value is -4.73. The van der Waals surface area contributed by atoms with E-state index in [-0.39, 0.29) is 22.1 Å². The number of morpholine rings is 1. The number of nitro groups is 1. The quantitative estimate of drug-likeness (QED) is 0.107. The number of benzene rings is 3. The van der Waals surface area contributed by atoms with E-state index in [1.807, 2.05) is 32.9 Å². The molecule has 0 spiro atoms. The molecule has 3 N–H and O–H groups in total. The van der Waals surface area contributed by atoms with Crippen molar-refractivity contribution in [2.24, 2.45) is 10.8 Å². The van der Waals surface area contributed by atoms with Crippen molar-refractivity contribution in [3.63, 3.8) is 0 Å². The molecule has 4 fully saturated rings. The van der Waals surface area contributed by atoms with Crippen LogP contribution in [-0.4, -0.2) is 88.9 Å². The van der Waals surface area contributed by atoms with Crippen molar-refractivity contribution < 1.29 is 37.1 Å². The average Bonchev–Trinajstić information content (AvgIpc) is 3.19. The zero-order valence-corrected chi connectivity index (χ0v) is 34.2. The Bertz CT molecular complexity index is 2020. The lowest BCUT2D eigenvalue weighted by molar-refractivity contribution is -0.384. The SMILES string of the molecule is COc1cc(CCCN2CCOCC2)ccc1-c1ccc(C(=O)NS(=O)(=O)c2ccc(NCC34CCC(CNC(=O)OC(C)(C)C)(CC3)CC4)c([N+](=O)[O-])c2)cc1. The molecule has 0 unspecified atom stereocenters. The van der Waals surface area contributed by atoms with Gasteiger partial charge in [0, 0.05) is 43.4 Å². The molecule has 4 aliphatic rings. The van der Waals surface area contributed by atoms with Crippen molar-refractivity contribution in [2.75, 3.05) is 58.4 Å². The third-order valence-electron chi connectivity index (χ3n) is 11.7. The fraction of sp³-hybridized carbons (Fsp3) is 0.524. The highest BCUT2D eigenvalue weighted by molar-refractivity contribution is 7.90. The number of nitrogens with one attached hydrogen (secondary N) is 3. The van der Waals surface area contributed by atoms with Gasteiger partial charge in [-0.3, -0.25) is 19.8 Å². The predicted octanol–water partition coefficient (Wildman–Crippen LogP) is 6.93. The number of sulfonamides is 1. The second-order valence-corrected chi connectivity index (χ2v) is 18.4. The molecule has 1 heterocycles. The van der Waals surface area contributed by atoms with Gasteiger partial charge in [-0.1, -0.05) is 24.3 Å². The first-order chi connectivity index (χ1) is 27.1. The maximum Gasteiger partial charge on any atom is 0.407 e. The molecule has 0 radical (unpaired) electrons. The van der Waals surface area contributed by atoms with E-state index >= 15 is 0 Å². The molecule has 2 bridgehead atoms. The number of amides is 2. The molecule has 3 aromatic carbocycles. The summed E-state index contributed by atoms with van der Waals surface area (Å²) in [6, 6.07) is 16.2. The molecule has 1 saturated heterocycles. The van der Waals surface area contributed by atoms with Crippen molar-refractivity contribution in [1.82, 2.24) is 14.9 Å². The number of nitro benzene ring substituents is 1. The van der Waals surface area contributed by atoms with Gasteiger partial charge in [0.15, 0.2) is 0 Å². The van der Waals surface area contributed by atoms with Crippen molar-refractivity contribution in [2.45, 2.75) is 82.6 Å². The first-order valence-electron chi connectivity index (χ1n) is 19.7. The van der Waals surface area contributed by atoms with E-state index in [0.29, 0.717) is 18.8 Å². The molecular formula is C42H55N5O9S. The number of ether oxygens (including phenoxy) is 3. The minimum atomic E-state index is -4.45. The van der Waals surface area contributed by atoms with Crippen molar-refractivity contribution in [3.05, 3.63) is 81.9 Å². The normalized spacial score (nSPS) is 21.1. The van der Waals surface area contributed by atoms with E-state index in [4.69, 9.17) is 14.2 Å². The van der Waals surface area contributed by atoms with Crippen molar-refractivity contribution >= 4 is 33.4 Å². The number of methoxy groups -OCH3 is 1. The molecule has 3 saturated carbocycles. The van der Waals surface area contributed by atoms with Crippen LogP contribution in [0.15, 0.2) is 65.6 Å². The summed E-state index contributed by atoms with van der Waals surface area (Å²) in [7, 11) is -2.84. The topological polar surface area (TPSA) is 178 Å². The Balaban J connectivity index is 1.04. The maximum atomic E-state index is 13.3. The maximum absolute atomic E-state index is 13.3. The van der Waals surface area contributed by atoms with Gasteiger partial charge in [-0.05, 0) is 131 Å². The number of alkyl carbamates (subject to hydrolysis) is 1. The number of carbonyl (C=O) groups is 2. The van der Waals surface area contributed by atoms with E-state index in [1.165, 1.54) is 24.3 Å². The first kappa shape index (κ1) is 41.9. The van der Waals surface area contributed by atoms with Crippen molar-refractivity contribution in [3.8, 4) is 16.9 Å². The Kier molecular flexibility index (Phi) is 12.8. The highest BCUT2D eigenvalue weighted by Crippen LogP contribution is 2.56. The molecule has 15 heteroatoms. The van der Waals surface area contributed by atoms with Gasteiger partial charge < -0.3 is 24.8 Å². The molecule has 14 nitrogen and oxygen atoms in total. The van der Waals surface area contributed by atoms with Crippen LogP contribution in [0.25, 0.3) is 11.1 Å². The Labute approximate surface area is 335 Å². The fourth-order valence-corrected chi connectivity index (χ4v) is 9.20. The summed E-state index contributed by atoms with van der Waals surface area (Å²) in [5.74, 6) is -0.165. The van der Waals surface area contributed by atoms with Gasteiger partial charge in [0.2, 0.25) is 0 Å². The molecule has 0 aromatic heterocycles. The summed E-state index contributed by atoms with van der Waals surface area (Å²) < 4.78 is 45.3. The van der Waals surface area contributed by atoms with E-state index in [0.717, 1.165) is 107 Å². The Morgan fingerprint density at radius 1 is 0.912 bits per heavy atom. The Morgan fingerprint density at radius 2 is 1.56 bits per heavy atom. The van der Waals surface area contributed by atoms with Gasteiger partial charge >= 0.3 is 6.09 Å². The average molecular weight is 806 g/mol. The smallest absolute Gasteiger partial charge is 0.407 e. The van der Waals surface area contributed by atoms with Gasteiger partial charge in [0.05, 0.1) is 30.1 Å². The lowest BCUT2D eigenvalue weighted by atomic mass is 9.53. The van der Waals surface area contributed by atoms with E-state index < -0.39 is 43.1 Å². The first-order valence-corrected chi connectivity index (χ1v) is 21.2. The van der Waals surface area contributed by atoms with Crippen LogP contribution in [0.1, 0.15) is 81.6 Å². The van der Waals surface area contributed by atoms with Crippen LogP contribution in [0.4, 0.5) is 16.2 Å². The summed E-state index contributed by atoms with van der Waals surface area (Å²) in [5, 5.41) is 18.3. The number of nitrogens with zero attached hydrogens (tertiary/aromatic N) is 2. The molecule has 7 rings (SSSR count). The van der Waals surface area contributed by atoms with Crippen molar-refractivity contribution in [1.29, 1.82) is 0 Å². The number of anilines is 1. The van der Waals surface area contributed by atoms with Gasteiger partial charge in [-0.15, -0.1) is 0 Å². The predicted molar refractivity (Wildman–Crippen MR) is 217 cm³/mol. The highest BCUT2D eigenvalue weighted by Gasteiger charge is 2.48. The molecule has 3 aromatic rings. The number of aryl methyl sites for hydroxylation is 1. The third-order valence-corrected chi connectivity index (χ3v) is 13.0. The zero-order valence-electron chi connectivity index (χ0n) is 33.4. The van der Waals surface area contributed by atoms with Crippen LogP contribution in [0.3, 0.4) is 0 Å². The summed E-state index contributed by atoms with van der Waals surface area (Å²) in [5.41, 5.74) is 2.09. The molecule has 3 aliphatic carbocycles. The number of carbonyl (C=O) groups excluding carboxylic acids is 2. The minimum absolute atomic E-state index is 0.0103. The monoisotopic (exact) mass is 805 g/mol. The highest BCUT2D eigenvalue weighted by atomic mass is 32.2. The molecular weight excluding hydrogens is 751 g/mol. The summed E-state index contributed by atoms with van der Waals surface area (Å²) in [6.07, 6.45) is 6.97.